The second kappa shape index (κ2) is 13.8. The molecule has 1 fully saturated rings. The predicted molar refractivity (Wildman–Crippen MR) is 117 cm³/mol. The zero-order valence-corrected chi connectivity index (χ0v) is 18.5. The summed E-state index contributed by atoms with van der Waals surface area (Å²) in [5.41, 5.74) is 0.724. The number of benzene rings is 1. The van der Waals surface area contributed by atoms with Gasteiger partial charge in [0.2, 0.25) is 0 Å². The summed E-state index contributed by atoms with van der Waals surface area (Å²) in [6, 6.07) is 5.14. The average molecular weight is 493 g/mol. The van der Waals surface area contributed by atoms with Crippen molar-refractivity contribution in [1.29, 1.82) is 0 Å². The van der Waals surface area contributed by atoms with E-state index in [2.05, 4.69) is 15.6 Å². The van der Waals surface area contributed by atoms with Gasteiger partial charge in [-0.3, -0.25) is 0 Å². The van der Waals surface area contributed by atoms with Crippen LogP contribution in [0.3, 0.4) is 0 Å². The van der Waals surface area contributed by atoms with Crippen molar-refractivity contribution in [2.45, 2.75) is 38.8 Å². The van der Waals surface area contributed by atoms with Crippen molar-refractivity contribution in [3.05, 3.63) is 23.8 Å². The molecule has 1 aromatic carbocycles. The standard InChI is InChI=1S/C19H31N3O4.HI/c1-3-20-19(21-9-5-10-25-14-17-6-4-11-26-17)22-13-15-12-16(24-2)7-8-18(15)23;/h7-8,12,17,23H,3-6,9-11,13-14H2,1-2H3,(H2,20,21,22);1H. The van der Waals surface area contributed by atoms with Gasteiger partial charge in [0.05, 0.1) is 26.4 Å². The third-order valence-corrected chi connectivity index (χ3v) is 4.12. The molecule has 3 N–H and O–H groups in total. The number of nitrogens with one attached hydrogen (secondary N) is 2. The highest BCUT2D eigenvalue weighted by atomic mass is 127. The molecule has 27 heavy (non-hydrogen) atoms. The molecule has 0 aliphatic carbocycles. The Bertz CT molecular complexity index is 566. The molecule has 1 heterocycles. The number of phenols is 1. The molecule has 0 radical (unpaired) electrons. The Morgan fingerprint density at radius 3 is 2.93 bits per heavy atom. The van der Waals surface area contributed by atoms with Gasteiger partial charge in [-0.2, -0.15) is 0 Å². The van der Waals surface area contributed by atoms with Gasteiger partial charge in [0, 0.05) is 31.9 Å². The Hall–Kier alpha value is -1.26. The van der Waals surface area contributed by atoms with Gasteiger partial charge in [0.1, 0.15) is 11.5 Å². The quantitative estimate of drug-likeness (QED) is 0.201. The van der Waals surface area contributed by atoms with Gasteiger partial charge in [-0.15, -0.1) is 24.0 Å². The smallest absolute Gasteiger partial charge is 0.191 e. The van der Waals surface area contributed by atoms with E-state index in [9.17, 15) is 5.11 Å². The molecule has 0 spiro atoms. The number of hydrogen-bond acceptors (Lipinski definition) is 5. The second-order valence-corrected chi connectivity index (χ2v) is 6.18. The summed E-state index contributed by atoms with van der Waals surface area (Å²) >= 11 is 0. The fourth-order valence-electron chi connectivity index (χ4n) is 2.69. The van der Waals surface area contributed by atoms with E-state index in [0.29, 0.717) is 31.5 Å². The van der Waals surface area contributed by atoms with Crippen LogP contribution in [0.4, 0.5) is 0 Å². The van der Waals surface area contributed by atoms with Crippen molar-refractivity contribution >= 4 is 29.9 Å². The highest BCUT2D eigenvalue weighted by Gasteiger charge is 2.14. The van der Waals surface area contributed by atoms with Crippen LogP contribution in [-0.4, -0.2) is 57.2 Å². The summed E-state index contributed by atoms with van der Waals surface area (Å²) in [6.07, 6.45) is 3.41. The van der Waals surface area contributed by atoms with Gasteiger partial charge >= 0.3 is 0 Å². The lowest BCUT2D eigenvalue weighted by molar-refractivity contribution is 0.0168. The SMILES string of the molecule is CCNC(=NCc1cc(OC)ccc1O)NCCCOCC1CCCO1.I. The second-order valence-electron chi connectivity index (χ2n) is 6.18. The number of ether oxygens (including phenoxy) is 3. The van der Waals surface area contributed by atoms with Crippen molar-refractivity contribution in [2.24, 2.45) is 4.99 Å². The first kappa shape index (κ1) is 23.8. The fraction of sp³-hybridized carbons (Fsp3) is 0.632. The third-order valence-electron chi connectivity index (χ3n) is 4.12. The number of methoxy groups -OCH3 is 1. The summed E-state index contributed by atoms with van der Waals surface area (Å²) in [6.45, 7) is 6.17. The minimum Gasteiger partial charge on any atom is -0.508 e. The third kappa shape index (κ3) is 8.98. The lowest BCUT2D eigenvalue weighted by Gasteiger charge is -2.13. The van der Waals surface area contributed by atoms with Gasteiger partial charge in [-0.1, -0.05) is 0 Å². The van der Waals surface area contributed by atoms with Crippen LogP contribution < -0.4 is 15.4 Å². The van der Waals surface area contributed by atoms with Crippen molar-refractivity contribution in [3.8, 4) is 11.5 Å². The maximum absolute atomic E-state index is 9.94. The topological polar surface area (TPSA) is 84.3 Å². The Morgan fingerprint density at radius 2 is 2.22 bits per heavy atom. The van der Waals surface area contributed by atoms with E-state index in [1.807, 2.05) is 6.92 Å². The lowest BCUT2D eigenvalue weighted by atomic mass is 10.2. The maximum Gasteiger partial charge on any atom is 0.191 e. The van der Waals surface area contributed by atoms with Crippen molar-refractivity contribution in [3.63, 3.8) is 0 Å². The van der Waals surface area contributed by atoms with Crippen LogP contribution in [0.15, 0.2) is 23.2 Å². The van der Waals surface area contributed by atoms with Gasteiger partial charge in [0.25, 0.3) is 0 Å². The Balaban J connectivity index is 0.00000364. The molecule has 0 bridgehead atoms. The number of aromatic hydroxyl groups is 1. The molecule has 0 amide bonds. The van der Waals surface area contributed by atoms with Crippen LogP contribution in [0.5, 0.6) is 11.5 Å². The Morgan fingerprint density at radius 1 is 1.37 bits per heavy atom. The van der Waals surface area contributed by atoms with E-state index in [1.165, 1.54) is 0 Å². The monoisotopic (exact) mass is 493 g/mol. The Kier molecular flexibility index (Phi) is 12.2. The van der Waals surface area contributed by atoms with Crippen LogP contribution in [0.1, 0.15) is 31.7 Å². The van der Waals surface area contributed by atoms with Crippen LogP contribution in [0.25, 0.3) is 0 Å². The molecule has 7 nitrogen and oxygen atoms in total. The van der Waals surface area contributed by atoms with Crippen LogP contribution in [0, 0.1) is 0 Å². The van der Waals surface area contributed by atoms with Gasteiger partial charge in [0.15, 0.2) is 5.96 Å². The van der Waals surface area contributed by atoms with Gasteiger partial charge in [-0.25, -0.2) is 4.99 Å². The molecular formula is C19H32IN3O4. The zero-order chi connectivity index (χ0) is 18.6. The molecule has 1 aliphatic rings. The highest BCUT2D eigenvalue weighted by Crippen LogP contribution is 2.23. The van der Waals surface area contributed by atoms with E-state index < -0.39 is 0 Å². The molecule has 154 valence electrons. The molecule has 8 heteroatoms. The molecule has 0 aromatic heterocycles. The van der Waals surface area contributed by atoms with Crippen LogP contribution in [-0.2, 0) is 16.0 Å². The molecule has 1 aliphatic heterocycles. The van der Waals surface area contributed by atoms with Gasteiger partial charge in [-0.05, 0) is 44.4 Å². The first-order valence-corrected chi connectivity index (χ1v) is 9.30. The van der Waals surface area contributed by atoms with E-state index in [0.717, 1.165) is 44.5 Å². The maximum atomic E-state index is 9.94. The predicted octanol–water partition coefficient (Wildman–Crippen LogP) is 2.66. The average Bonchev–Trinajstić information content (AvgIpc) is 3.17. The number of nitrogens with zero attached hydrogens (tertiary/aromatic N) is 1. The largest absolute Gasteiger partial charge is 0.508 e. The molecular weight excluding hydrogens is 461 g/mol. The lowest BCUT2D eigenvalue weighted by Crippen LogP contribution is -2.38. The van der Waals surface area contributed by atoms with Crippen LogP contribution in [0.2, 0.25) is 0 Å². The number of hydrogen-bond donors (Lipinski definition) is 3. The molecule has 1 aromatic rings. The van der Waals surface area contributed by atoms with Crippen molar-refractivity contribution < 1.29 is 19.3 Å². The summed E-state index contributed by atoms with van der Waals surface area (Å²) in [4.78, 5) is 4.52. The van der Waals surface area contributed by atoms with E-state index in [-0.39, 0.29) is 35.8 Å². The number of halogens is 1. The normalized spacial score (nSPS) is 16.7. The first-order chi connectivity index (χ1) is 12.7. The minimum absolute atomic E-state index is 0. The van der Waals surface area contributed by atoms with Crippen molar-refractivity contribution in [2.75, 3.05) is 40.0 Å². The minimum atomic E-state index is 0. The Labute approximate surface area is 178 Å². The first-order valence-electron chi connectivity index (χ1n) is 9.30. The summed E-state index contributed by atoms with van der Waals surface area (Å²) < 4.78 is 16.4. The van der Waals surface area contributed by atoms with Crippen molar-refractivity contribution in [1.82, 2.24) is 10.6 Å². The molecule has 1 unspecified atom stereocenters. The number of guanidine groups is 1. The number of phenolic OH excluding ortho intramolecular Hbond substituents is 1. The summed E-state index contributed by atoms with van der Waals surface area (Å²) in [5.74, 6) is 1.64. The molecule has 0 saturated carbocycles. The number of aliphatic imine (C=N–C) groups is 1. The summed E-state index contributed by atoms with van der Waals surface area (Å²) in [5, 5.41) is 16.4. The molecule has 2 rings (SSSR count). The molecule has 1 atom stereocenters. The summed E-state index contributed by atoms with van der Waals surface area (Å²) in [7, 11) is 1.60. The van der Waals surface area contributed by atoms with E-state index in [4.69, 9.17) is 14.2 Å². The van der Waals surface area contributed by atoms with Crippen LogP contribution >= 0.6 is 24.0 Å². The zero-order valence-electron chi connectivity index (χ0n) is 16.2. The van der Waals surface area contributed by atoms with E-state index >= 15 is 0 Å². The fourth-order valence-corrected chi connectivity index (χ4v) is 2.69. The molecule has 1 saturated heterocycles. The van der Waals surface area contributed by atoms with E-state index in [1.54, 1.807) is 25.3 Å². The van der Waals surface area contributed by atoms with Gasteiger partial charge < -0.3 is 30.0 Å². The highest BCUT2D eigenvalue weighted by molar-refractivity contribution is 14.0. The number of rotatable bonds is 10.